The van der Waals surface area contributed by atoms with Gasteiger partial charge in [0.25, 0.3) is 0 Å². The molecular formula is C12H18ClN3O2. The number of hydrogen-bond donors (Lipinski definition) is 2. The summed E-state index contributed by atoms with van der Waals surface area (Å²) in [6, 6.07) is 0.426. The van der Waals surface area contributed by atoms with Crippen LogP contribution in [0.3, 0.4) is 0 Å². The van der Waals surface area contributed by atoms with Gasteiger partial charge in [0.1, 0.15) is 0 Å². The molecule has 18 heavy (non-hydrogen) atoms. The zero-order valence-corrected chi connectivity index (χ0v) is 11.2. The second-order valence-corrected chi connectivity index (χ2v) is 4.96. The molecule has 1 fully saturated rings. The number of nitrogens with one attached hydrogen (secondary N) is 2. The number of amides is 1. The van der Waals surface area contributed by atoms with Crippen molar-refractivity contribution in [2.24, 2.45) is 0 Å². The van der Waals surface area contributed by atoms with Crippen molar-refractivity contribution in [1.82, 2.24) is 15.8 Å². The maximum atomic E-state index is 11.7. The summed E-state index contributed by atoms with van der Waals surface area (Å²) in [6.07, 6.45) is 3.31. The zero-order valence-electron chi connectivity index (χ0n) is 10.5. The Morgan fingerprint density at radius 3 is 3.11 bits per heavy atom. The Balaban J connectivity index is 1.71. The molecule has 0 bridgehead atoms. The van der Waals surface area contributed by atoms with Crippen molar-refractivity contribution >= 4 is 17.5 Å². The highest BCUT2D eigenvalue weighted by Gasteiger charge is 2.16. The molecule has 1 unspecified atom stereocenters. The van der Waals surface area contributed by atoms with E-state index in [9.17, 15) is 4.79 Å². The van der Waals surface area contributed by atoms with Crippen LogP contribution < -0.4 is 10.6 Å². The first kappa shape index (κ1) is 13.4. The molecule has 1 aromatic rings. The molecule has 1 saturated heterocycles. The van der Waals surface area contributed by atoms with Crippen molar-refractivity contribution in [1.29, 1.82) is 0 Å². The lowest BCUT2D eigenvalue weighted by atomic mass is 10.1. The van der Waals surface area contributed by atoms with Gasteiger partial charge >= 0.3 is 0 Å². The summed E-state index contributed by atoms with van der Waals surface area (Å²) in [5.74, 6) is 0.0420. The van der Waals surface area contributed by atoms with E-state index in [1.807, 2.05) is 6.92 Å². The highest BCUT2D eigenvalue weighted by atomic mass is 35.5. The van der Waals surface area contributed by atoms with Gasteiger partial charge in [-0.05, 0) is 44.3 Å². The minimum Gasteiger partial charge on any atom is -0.355 e. The average molecular weight is 272 g/mol. The summed E-state index contributed by atoms with van der Waals surface area (Å²) in [7, 11) is 0. The van der Waals surface area contributed by atoms with Gasteiger partial charge in [0.05, 0.1) is 5.69 Å². The first-order chi connectivity index (χ1) is 8.66. The molecule has 1 amide bonds. The van der Waals surface area contributed by atoms with Crippen LogP contribution in [0.1, 0.15) is 30.5 Å². The third-order valence-electron chi connectivity index (χ3n) is 3.25. The van der Waals surface area contributed by atoms with Crippen molar-refractivity contribution in [3.8, 4) is 0 Å². The van der Waals surface area contributed by atoms with Crippen LogP contribution in [-0.2, 0) is 11.2 Å². The molecule has 2 N–H and O–H groups in total. The number of carbonyl (C=O) groups is 1. The van der Waals surface area contributed by atoms with Gasteiger partial charge in [-0.1, -0.05) is 5.16 Å². The second kappa shape index (κ2) is 6.20. The Hall–Kier alpha value is -1.07. The van der Waals surface area contributed by atoms with Crippen molar-refractivity contribution in [3.05, 3.63) is 16.5 Å². The van der Waals surface area contributed by atoms with Crippen LogP contribution in [-0.4, -0.2) is 30.2 Å². The lowest BCUT2D eigenvalue weighted by Crippen LogP contribution is -2.37. The number of halogens is 1. The number of rotatable bonds is 5. The van der Waals surface area contributed by atoms with Gasteiger partial charge < -0.3 is 15.2 Å². The van der Waals surface area contributed by atoms with Crippen molar-refractivity contribution in [2.75, 3.05) is 13.1 Å². The Morgan fingerprint density at radius 1 is 1.67 bits per heavy atom. The summed E-state index contributed by atoms with van der Waals surface area (Å²) < 4.78 is 4.84. The van der Waals surface area contributed by atoms with Crippen molar-refractivity contribution < 1.29 is 9.32 Å². The number of nitrogens with zero attached hydrogens (tertiary/aromatic N) is 1. The first-order valence-corrected chi connectivity index (χ1v) is 6.65. The molecule has 0 aliphatic carbocycles. The molecule has 5 nitrogen and oxygen atoms in total. The van der Waals surface area contributed by atoms with Gasteiger partial charge in [-0.3, -0.25) is 4.79 Å². The Labute approximate surface area is 111 Å². The average Bonchev–Trinajstić information content (AvgIpc) is 2.96. The minimum absolute atomic E-state index is 0.0420. The molecule has 6 heteroatoms. The summed E-state index contributed by atoms with van der Waals surface area (Å²) in [5, 5.41) is 10.3. The highest BCUT2D eigenvalue weighted by molar-refractivity contribution is 6.29. The molecular weight excluding hydrogens is 254 g/mol. The van der Waals surface area contributed by atoms with Gasteiger partial charge in [0, 0.05) is 24.6 Å². The third-order valence-corrected chi connectivity index (χ3v) is 3.54. The van der Waals surface area contributed by atoms with Crippen LogP contribution >= 0.6 is 11.6 Å². The molecule has 0 saturated carbocycles. The predicted molar refractivity (Wildman–Crippen MR) is 68.6 cm³/mol. The van der Waals surface area contributed by atoms with Crippen LogP contribution in [0.15, 0.2) is 4.52 Å². The monoisotopic (exact) mass is 271 g/mol. The molecule has 1 aromatic heterocycles. The Kier molecular flexibility index (Phi) is 4.60. The molecule has 2 rings (SSSR count). The SMILES string of the molecule is Cc1noc(Cl)c1CCC(=O)NCC1CCCN1. The lowest BCUT2D eigenvalue weighted by molar-refractivity contribution is -0.121. The van der Waals surface area contributed by atoms with E-state index in [0.29, 0.717) is 25.4 Å². The number of carbonyl (C=O) groups excluding carboxylic acids is 1. The van der Waals surface area contributed by atoms with Crippen molar-refractivity contribution in [2.45, 2.75) is 38.6 Å². The third kappa shape index (κ3) is 3.46. The van der Waals surface area contributed by atoms with E-state index in [0.717, 1.165) is 24.2 Å². The van der Waals surface area contributed by atoms with Crippen LogP contribution in [0, 0.1) is 6.92 Å². The highest BCUT2D eigenvalue weighted by Crippen LogP contribution is 2.20. The van der Waals surface area contributed by atoms with E-state index in [4.69, 9.17) is 16.1 Å². The fraction of sp³-hybridized carbons (Fsp3) is 0.667. The maximum absolute atomic E-state index is 11.7. The van der Waals surface area contributed by atoms with Crippen LogP contribution in [0.5, 0.6) is 0 Å². The van der Waals surface area contributed by atoms with Gasteiger partial charge in [-0.25, -0.2) is 0 Å². The van der Waals surface area contributed by atoms with E-state index in [2.05, 4.69) is 15.8 Å². The molecule has 1 aliphatic heterocycles. The number of hydrogen-bond acceptors (Lipinski definition) is 4. The molecule has 1 atom stereocenters. The molecule has 0 radical (unpaired) electrons. The fourth-order valence-electron chi connectivity index (χ4n) is 2.14. The van der Waals surface area contributed by atoms with Crippen molar-refractivity contribution in [3.63, 3.8) is 0 Å². The predicted octanol–water partition coefficient (Wildman–Crippen LogP) is 1.44. The molecule has 100 valence electrons. The number of aromatic nitrogens is 1. The van der Waals surface area contributed by atoms with Crippen LogP contribution in [0.2, 0.25) is 5.22 Å². The fourth-order valence-corrected chi connectivity index (χ4v) is 2.40. The topological polar surface area (TPSA) is 67.2 Å². The van der Waals surface area contributed by atoms with Crippen LogP contribution in [0.25, 0.3) is 0 Å². The first-order valence-electron chi connectivity index (χ1n) is 6.27. The van der Waals surface area contributed by atoms with Gasteiger partial charge in [0.15, 0.2) is 0 Å². The Bertz CT molecular complexity index is 394. The maximum Gasteiger partial charge on any atom is 0.229 e. The molecule has 2 heterocycles. The van der Waals surface area contributed by atoms with Gasteiger partial charge in [-0.15, -0.1) is 0 Å². The van der Waals surface area contributed by atoms with E-state index >= 15 is 0 Å². The minimum atomic E-state index is 0.0420. The van der Waals surface area contributed by atoms with Crippen LogP contribution in [0.4, 0.5) is 0 Å². The van der Waals surface area contributed by atoms with E-state index in [-0.39, 0.29) is 11.1 Å². The summed E-state index contributed by atoms with van der Waals surface area (Å²) in [5.41, 5.74) is 1.58. The molecule has 0 spiro atoms. The lowest BCUT2D eigenvalue weighted by Gasteiger charge is -2.11. The quantitative estimate of drug-likeness (QED) is 0.850. The molecule has 1 aliphatic rings. The van der Waals surface area contributed by atoms with E-state index < -0.39 is 0 Å². The van der Waals surface area contributed by atoms with E-state index in [1.54, 1.807) is 0 Å². The summed E-state index contributed by atoms with van der Waals surface area (Å²) in [6.45, 7) is 3.58. The largest absolute Gasteiger partial charge is 0.355 e. The summed E-state index contributed by atoms with van der Waals surface area (Å²) in [4.78, 5) is 11.7. The Morgan fingerprint density at radius 2 is 2.50 bits per heavy atom. The van der Waals surface area contributed by atoms with Gasteiger partial charge in [-0.2, -0.15) is 0 Å². The van der Waals surface area contributed by atoms with Gasteiger partial charge in [0.2, 0.25) is 11.1 Å². The standard InChI is InChI=1S/C12H18ClN3O2/c1-8-10(12(13)18-16-8)4-5-11(17)15-7-9-3-2-6-14-9/h9,14H,2-7H2,1H3,(H,15,17). The second-order valence-electron chi connectivity index (χ2n) is 4.62. The smallest absolute Gasteiger partial charge is 0.229 e. The normalized spacial score (nSPS) is 19.1. The van der Waals surface area contributed by atoms with E-state index in [1.165, 1.54) is 6.42 Å². The zero-order chi connectivity index (χ0) is 13.0. The summed E-state index contributed by atoms with van der Waals surface area (Å²) >= 11 is 5.84. The number of aryl methyl sites for hydroxylation is 1. The molecule has 0 aromatic carbocycles.